The number of nitrogens with one attached hydrogen (secondary N) is 1. The molecule has 162 valence electrons. The number of fused-ring (bicyclic) bond motifs is 1. The maximum atomic E-state index is 13.3. The molecule has 1 aliphatic rings. The summed E-state index contributed by atoms with van der Waals surface area (Å²) in [4.78, 5) is 31.2. The van der Waals surface area contributed by atoms with E-state index in [1.807, 2.05) is 0 Å². The largest absolute Gasteiger partial charge is 0.417 e. The van der Waals surface area contributed by atoms with Crippen LogP contribution in [0.15, 0.2) is 42.5 Å². The maximum absolute atomic E-state index is 13.3. The number of rotatable bonds is 2. The van der Waals surface area contributed by atoms with Gasteiger partial charge in [0.05, 0.1) is 11.1 Å². The van der Waals surface area contributed by atoms with Gasteiger partial charge in [-0.05, 0) is 36.4 Å². The van der Waals surface area contributed by atoms with Crippen molar-refractivity contribution in [2.45, 2.75) is 6.18 Å². The summed E-state index contributed by atoms with van der Waals surface area (Å²) in [5.74, 6) is -2.20. The summed E-state index contributed by atoms with van der Waals surface area (Å²) >= 11 is 5.96. The van der Waals surface area contributed by atoms with Crippen molar-refractivity contribution in [1.82, 2.24) is 14.8 Å². The third kappa shape index (κ3) is 4.23. The minimum atomic E-state index is -4.86. The van der Waals surface area contributed by atoms with E-state index in [1.165, 1.54) is 9.80 Å². The number of alkyl halides is 3. The molecule has 1 aliphatic heterocycles. The van der Waals surface area contributed by atoms with Gasteiger partial charge in [0.15, 0.2) is 0 Å². The highest BCUT2D eigenvalue weighted by molar-refractivity contribution is 6.31. The van der Waals surface area contributed by atoms with Gasteiger partial charge < -0.3 is 14.8 Å². The normalized spacial score (nSPS) is 14.9. The van der Waals surface area contributed by atoms with Crippen LogP contribution >= 0.6 is 11.6 Å². The van der Waals surface area contributed by atoms with E-state index < -0.39 is 29.0 Å². The molecule has 0 atom stereocenters. The molecule has 0 spiro atoms. The summed E-state index contributed by atoms with van der Waals surface area (Å²) in [6, 6.07) is 8.86. The number of nitrogens with zero attached hydrogens (tertiary/aromatic N) is 2. The van der Waals surface area contributed by atoms with Gasteiger partial charge in [-0.3, -0.25) is 9.59 Å². The highest BCUT2D eigenvalue weighted by Crippen LogP contribution is 2.33. The van der Waals surface area contributed by atoms with E-state index in [9.17, 15) is 27.2 Å². The van der Waals surface area contributed by atoms with Gasteiger partial charge in [0, 0.05) is 42.1 Å². The van der Waals surface area contributed by atoms with Gasteiger partial charge in [-0.2, -0.15) is 13.2 Å². The number of piperazine rings is 1. The number of carbonyl (C=O) groups is 2. The Hall–Kier alpha value is -3.07. The molecule has 0 saturated carbocycles. The lowest BCUT2D eigenvalue weighted by Crippen LogP contribution is -2.50. The van der Waals surface area contributed by atoms with Crippen molar-refractivity contribution < 1.29 is 27.2 Å². The second-order valence-corrected chi connectivity index (χ2v) is 7.62. The molecule has 0 bridgehead atoms. The van der Waals surface area contributed by atoms with Crippen molar-refractivity contribution in [3.8, 4) is 0 Å². The molecule has 0 radical (unpaired) electrons. The summed E-state index contributed by atoms with van der Waals surface area (Å²) in [6.45, 7) is 0.434. The van der Waals surface area contributed by atoms with Crippen LogP contribution in [0.4, 0.5) is 17.6 Å². The van der Waals surface area contributed by atoms with Crippen molar-refractivity contribution in [3.63, 3.8) is 0 Å². The van der Waals surface area contributed by atoms with E-state index in [4.69, 9.17) is 11.6 Å². The predicted molar refractivity (Wildman–Crippen MR) is 107 cm³/mol. The molecule has 0 unspecified atom stereocenters. The van der Waals surface area contributed by atoms with Gasteiger partial charge in [-0.25, -0.2) is 4.39 Å². The number of H-pyrrole nitrogens is 1. The van der Waals surface area contributed by atoms with Crippen LogP contribution in [-0.2, 0) is 6.18 Å². The SMILES string of the molecule is O=C(c1cc2ccc(Cl)cc2[nH]1)N1CCN(C(=O)c2ccc(F)cc2C(F)(F)F)CC1. The third-order valence-corrected chi connectivity index (χ3v) is 5.42. The lowest BCUT2D eigenvalue weighted by Gasteiger charge is -2.35. The second kappa shape index (κ2) is 7.88. The monoisotopic (exact) mass is 453 g/mol. The lowest BCUT2D eigenvalue weighted by atomic mass is 10.0. The minimum absolute atomic E-state index is 0.0608. The Morgan fingerprint density at radius 1 is 0.903 bits per heavy atom. The molecule has 2 amide bonds. The minimum Gasteiger partial charge on any atom is -0.350 e. The summed E-state index contributed by atoms with van der Waals surface area (Å²) in [7, 11) is 0. The van der Waals surface area contributed by atoms with Gasteiger partial charge in [-0.1, -0.05) is 17.7 Å². The summed E-state index contributed by atoms with van der Waals surface area (Å²) < 4.78 is 53.0. The Morgan fingerprint density at radius 2 is 1.55 bits per heavy atom. The number of halogens is 5. The molecule has 1 N–H and O–H groups in total. The Morgan fingerprint density at radius 3 is 2.19 bits per heavy atom. The molecule has 31 heavy (non-hydrogen) atoms. The number of benzene rings is 2. The average Bonchev–Trinajstić information content (AvgIpc) is 3.15. The highest BCUT2D eigenvalue weighted by Gasteiger charge is 2.37. The molecule has 4 rings (SSSR count). The van der Waals surface area contributed by atoms with Crippen LogP contribution in [-0.4, -0.2) is 52.8 Å². The van der Waals surface area contributed by atoms with Gasteiger partial charge >= 0.3 is 6.18 Å². The summed E-state index contributed by atoms with van der Waals surface area (Å²) in [6.07, 6.45) is -4.86. The number of carbonyl (C=O) groups excluding carboxylic acids is 2. The fourth-order valence-corrected chi connectivity index (χ4v) is 3.78. The Balaban J connectivity index is 1.47. The standard InChI is InChI=1S/C21H16ClF4N3O2/c22-13-2-1-12-9-18(27-17(12)10-13)20(31)29-7-5-28(6-8-29)19(30)15-4-3-14(23)11-16(15)21(24,25)26/h1-4,9-11,27H,5-8H2. The van der Waals surface area contributed by atoms with Gasteiger partial charge in [-0.15, -0.1) is 0 Å². The average molecular weight is 454 g/mol. The van der Waals surface area contributed by atoms with E-state index >= 15 is 0 Å². The van der Waals surface area contributed by atoms with Crippen molar-refractivity contribution >= 4 is 34.3 Å². The van der Waals surface area contributed by atoms with Crippen molar-refractivity contribution in [3.05, 3.63) is 70.1 Å². The van der Waals surface area contributed by atoms with Gasteiger partial charge in [0.2, 0.25) is 0 Å². The quantitative estimate of drug-likeness (QED) is 0.578. The molecule has 1 saturated heterocycles. The van der Waals surface area contributed by atoms with Crippen molar-refractivity contribution in [2.75, 3.05) is 26.2 Å². The Bertz CT molecular complexity index is 1170. The first-order chi connectivity index (χ1) is 14.6. The van der Waals surface area contributed by atoms with E-state index in [1.54, 1.807) is 24.3 Å². The fourth-order valence-electron chi connectivity index (χ4n) is 3.61. The molecular formula is C21H16ClF4N3O2. The van der Waals surface area contributed by atoms with Crippen LogP contribution in [0.3, 0.4) is 0 Å². The Kier molecular flexibility index (Phi) is 5.38. The molecule has 1 aromatic heterocycles. The highest BCUT2D eigenvalue weighted by atomic mass is 35.5. The second-order valence-electron chi connectivity index (χ2n) is 7.19. The van der Waals surface area contributed by atoms with Crippen molar-refractivity contribution in [2.24, 2.45) is 0 Å². The zero-order chi connectivity index (χ0) is 22.3. The molecule has 10 heteroatoms. The first-order valence-electron chi connectivity index (χ1n) is 9.37. The number of hydrogen-bond acceptors (Lipinski definition) is 2. The van der Waals surface area contributed by atoms with Gasteiger partial charge in [0.25, 0.3) is 11.8 Å². The Labute approximate surface area is 179 Å². The molecule has 2 aromatic carbocycles. The van der Waals surface area contributed by atoms with E-state index in [0.29, 0.717) is 22.3 Å². The maximum Gasteiger partial charge on any atom is 0.417 e. The van der Waals surface area contributed by atoms with E-state index in [2.05, 4.69) is 4.98 Å². The summed E-state index contributed by atoms with van der Waals surface area (Å²) in [5, 5.41) is 1.34. The molecular weight excluding hydrogens is 438 g/mol. The van der Waals surface area contributed by atoms with E-state index in [0.717, 1.165) is 17.5 Å². The zero-order valence-corrected chi connectivity index (χ0v) is 16.7. The third-order valence-electron chi connectivity index (χ3n) is 5.19. The number of aromatic amines is 1. The first kappa shape index (κ1) is 21.2. The molecule has 1 fully saturated rings. The van der Waals surface area contributed by atoms with Crippen LogP contribution in [0.5, 0.6) is 0 Å². The first-order valence-corrected chi connectivity index (χ1v) is 9.75. The van der Waals surface area contributed by atoms with Crippen LogP contribution in [0.25, 0.3) is 10.9 Å². The van der Waals surface area contributed by atoms with Crippen LogP contribution in [0.2, 0.25) is 5.02 Å². The lowest BCUT2D eigenvalue weighted by molar-refractivity contribution is -0.138. The van der Waals surface area contributed by atoms with Crippen LogP contribution in [0, 0.1) is 5.82 Å². The molecule has 2 heterocycles. The fraction of sp³-hybridized carbons (Fsp3) is 0.238. The number of amides is 2. The topological polar surface area (TPSA) is 56.4 Å². The zero-order valence-electron chi connectivity index (χ0n) is 16.0. The molecule has 3 aromatic rings. The van der Waals surface area contributed by atoms with Crippen LogP contribution in [0.1, 0.15) is 26.4 Å². The van der Waals surface area contributed by atoms with Crippen LogP contribution < -0.4 is 0 Å². The van der Waals surface area contributed by atoms with Gasteiger partial charge in [0.1, 0.15) is 11.5 Å². The number of hydrogen-bond donors (Lipinski definition) is 1. The van der Waals surface area contributed by atoms with Crippen molar-refractivity contribution in [1.29, 1.82) is 0 Å². The molecule has 0 aliphatic carbocycles. The smallest absolute Gasteiger partial charge is 0.350 e. The predicted octanol–water partition coefficient (Wildman–Crippen LogP) is 4.58. The number of aromatic nitrogens is 1. The molecule has 5 nitrogen and oxygen atoms in total. The summed E-state index contributed by atoms with van der Waals surface area (Å²) in [5.41, 5.74) is -0.857. The van der Waals surface area contributed by atoms with E-state index in [-0.39, 0.29) is 32.1 Å².